The van der Waals surface area contributed by atoms with E-state index in [0.717, 1.165) is 94.3 Å². The summed E-state index contributed by atoms with van der Waals surface area (Å²) in [5.41, 5.74) is 5.68. The van der Waals surface area contributed by atoms with Crippen molar-refractivity contribution in [2.45, 2.75) is 115 Å². The van der Waals surface area contributed by atoms with E-state index in [1.54, 1.807) is 81.4 Å². The fourth-order valence-electron chi connectivity index (χ4n) is 12.0. The van der Waals surface area contributed by atoms with Gasteiger partial charge in [-0.15, -0.1) is 35.3 Å². The van der Waals surface area contributed by atoms with Gasteiger partial charge in [-0.05, 0) is 179 Å². The van der Waals surface area contributed by atoms with Gasteiger partial charge in [0.2, 0.25) is 0 Å². The van der Waals surface area contributed by atoms with Crippen molar-refractivity contribution in [2.24, 2.45) is 29.4 Å². The molecule has 13 nitrogen and oxygen atoms in total. The molecule has 113 heavy (non-hydrogen) atoms. The number of ether oxygens (including phenoxy) is 5. The molecule has 0 aromatic heterocycles. The van der Waals surface area contributed by atoms with Gasteiger partial charge in [0.15, 0.2) is 46.3 Å². The maximum atomic E-state index is 14.9. The summed E-state index contributed by atoms with van der Waals surface area (Å²) in [6.07, 6.45) is 6.48. The molecule has 8 atom stereocenters. The first-order valence-corrected chi connectivity index (χ1v) is 39.7. The van der Waals surface area contributed by atoms with Crippen molar-refractivity contribution in [1.29, 1.82) is 0 Å². The van der Waals surface area contributed by atoms with E-state index < -0.39 is 80.6 Å². The monoisotopic (exact) mass is 1740 g/mol. The van der Waals surface area contributed by atoms with Crippen LogP contribution in [0, 0.1) is 77.1 Å². The van der Waals surface area contributed by atoms with Crippen LogP contribution in [0.5, 0.6) is 23.0 Å². The Bertz CT molecular complexity index is 4230. The molecule has 0 fully saturated rings. The number of thioether (sulfide) groups is 3. The fourth-order valence-corrected chi connectivity index (χ4v) is 16.3. The summed E-state index contributed by atoms with van der Waals surface area (Å²) in [6.45, 7) is 12.1. The summed E-state index contributed by atoms with van der Waals surface area (Å²) in [6, 6.07) is 37.2. The number of fused-ring (bicyclic) bond motifs is 4. The van der Waals surface area contributed by atoms with E-state index in [9.17, 15) is 54.9 Å². The first kappa shape index (κ1) is 101. The summed E-state index contributed by atoms with van der Waals surface area (Å²) < 4.78 is 141. The van der Waals surface area contributed by atoms with Crippen molar-refractivity contribution in [3.8, 4) is 23.0 Å². The minimum Gasteiger partial charge on any atom is -1.00 e. The number of carbonyl (C=O) groups is 2. The average molecular weight is 1740 g/mol. The second-order valence-electron chi connectivity index (χ2n) is 26.6. The van der Waals surface area contributed by atoms with E-state index in [1.807, 2.05) is 36.4 Å². The van der Waals surface area contributed by atoms with Gasteiger partial charge in [0.1, 0.15) is 35.2 Å². The number of unbranched alkanes of at least 4 members (excludes halogenated alkanes) is 3. The third kappa shape index (κ3) is 30.4. The van der Waals surface area contributed by atoms with Crippen LogP contribution in [-0.4, -0.2) is 124 Å². The van der Waals surface area contributed by atoms with Crippen molar-refractivity contribution in [2.75, 3.05) is 72.5 Å². The SMILES string of the molecule is CC(C)(C)OC(=O)N(CCO)C[C@@H]1COc2c(F)ccc(F)c2[C@H]1Cc1ccc(Cl)cc1.NCCO.O=C[C@@H]1COc2c(F)ccc(F)c2[C@H]1Sc1ccc(Cl)cc1.OCCCC[C@@H]1COc2c(F)ccc(F)c2[C@H]1Sc1ccc(Cl)cc1.OC[C@@H]1COc2c(F)ccc(F)c2[C@H]1Sc1ccc(Cl)cc1.[B].[CH2-]CCCC.[H-].[K+].[Na+]. The molecule has 0 spiro atoms. The average Bonchev–Trinajstić information content (AvgIpc) is 0.806. The van der Waals surface area contributed by atoms with E-state index in [0.29, 0.717) is 51.6 Å². The van der Waals surface area contributed by atoms with Crippen LogP contribution >= 0.6 is 81.7 Å². The molecule has 6 N–H and O–H groups in total. The molecule has 8 aromatic carbocycles. The summed E-state index contributed by atoms with van der Waals surface area (Å²) in [5, 5.41) is 36.9. The van der Waals surface area contributed by atoms with Crippen LogP contribution in [0.1, 0.15) is 117 Å². The number of aliphatic hydroxyl groups is 4. The molecule has 8 aromatic rings. The zero-order chi connectivity index (χ0) is 80.2. The third-order valence-corrected chi connectivity index (χ3v) is 22.6. The van der Waals surface area contributed by atoms with Gasteiger partial charge in [0, 0.05) is 126 Å². The number of rotatable bonds is 21. The molecular weight excluding hydrogens is 1650 g/mol. The van der Waals surface area contributed by atoms with Crippen molar-refractivity contribution >= 4 is 102 Å². The van der Waals surface area contributed by atoms with Crippen molar-refractivity contribution in [1.82, 2.24) is 4.90 Å². The van der Waals surface area contributed by atoms with Gasteiger partial charge >= 0.3 is 87.0 Å². The Kier molecular flexibility index (Phi) is 46.2. The van der Waals surface area contributed by atoms with E-state index in [4.69, 9.17) is 86.0 Å². The smallest absolute Gasteiger partial charge is 1.00 e. The van der Waals surface area contributed by atoms with Gasteiger partial charge in [-0.25, -0.2) is 39.9 Å². The number of halogens is 12. The molecule has 0 unspecified atom stereocenters. The predicted octanol–water partition coefficient (Wildman–Crippen LogP) is 14.6. The molecule has 4 aliphatic rings. The van der Waals surface area contributed by atoms with Crippen LogP contribution in [-0.2, 0) is 16.0 Å². The second-order valence-corrected chi connectivity index (χ2v) is 32.0. The van der Waals surface area contributed by atoms with E-state index in [-0.39, 0.29) is 213 Å². The van der Waals surface area contributed by atoms with Crippen molar-refractivity contribution in [3.63, 3.8) is 0 Å². The Morgan fingerprint density at radius 1 is 0.540 bits per heavy atom. The largest absolute Gasteiger partial charge is 1.00 e. The van der Waals surface area contributed by atoms with Gasteiger partial charge < -0.3 is 67.9 Å². The van der Waals surface area contributed by atoms with E-state index in [2.05, 4.69) is 13.8 Å². The van der Waals surface area contributed by atoms with Gasteiger partial charge in [-0.3, -0.25) is 0 Å². The summed E-state index contributed by atoms with van der Waals surface area (Å²) in [7, 11) is 0. The maximum Gasteiger partial charge on any atom is 1.00 e. The number of aliphatic hydroxyl groups excluding tert-OH is 4. The molecule has 4 aliphatic heterocycles. The topological polar surface area (TPSA) is 190 Å². The van der Waals surface area contributed by atoms with Gasteiger partial charge in [0.25, 0.3) is 0 Å². The summed E-state index contributed by atoms with van der Waals surface area (Å²) in [4.78, 5) is 28.0. The zero-order valence-corrected chi connectivity index (χ0v) is 74.1. The molecular formula is C82H90BCl4F8KN2NaO11S3. The minimum absolute atomic E-state index is 0. The van der Waals surface area contributed by atoms with Crippen molar-refractivity contribution < 1.29 is 171 Å². The van der Waals surface area contributed by atoms with Gasteiger partial charge in [-0.2, -0.15) is 6.42 Å². The molecule has 0 aliphatic carbocycles. The van der Waals surface area contributed by atoms with E-state index in [1.165, 1.54) is 53.0 Å². The normalized spacial score (nSPS) is 17.9. The molecule has 601 valence electrons. The van der Waals surface area contributed by atoms with Crippen LogP contribution < -0.4 is 106 Å². The number of aldehydes is 1. The number of amides is 1. The predicted molar refractivity (Wildman–Crippen MR) is 426 cm³/mol. The Labute approximate surface area is 756 Å². The third-order valence-electron chi connectivity index (χ3n) is 17.4. The Hall–Kier alpha value is -3.95. The van der Waals surface area contributed by atoms with Crippen LogP contribution in [0.2, 0.25) is 20.1 Å². The fraction of sp³-hybridized carbons (Fsp3) is 0.378. The Morgan fingerprint density at radius 3 is 1.27 bits per heavy atom. The van der Waals surface area contributed by atoms with Crippen LogP contribution in [0.25, 0.3) is 0 Å². The summed E-state index contributed by atoms with van der Waals surface area (Å²) in [5.74, 6) is -6.36. The van der Waals surface area contributed by atoms with Crippen LogP contribution in [0.4, 0.5) is 39.9 Å². The quantitative estimate of drug-likeness (QED) is 0.0150. The Morgan fingerprint density at radius 2 is 0.903 bits per heavy atom. The number of nitrogens with two attached hydrogens (primary N) is 1. The van der Waals surface area contributed by atoms with Gasteiger partial charge in [0.05, 0.1) is 57.4 Å². The number of carbonyl (C=O) groups excluding carboxylic acids is 2. The molecule has 3 radical (unpaired) electrons. The molecule has 0 bridgehead atoms. The maximum absolute atomic E-state index is 14.9. The number of hydrogen-bond acceptors (Lipinski definition) is 15. The molecule has 1 amide bonds. The molecule has 0 saturated heterocycles. The molecule has 4 heterocycles. The first-order valence-electron chi connectivity index (χ1n) is 35.5. The van der Waals surface area contributed by atoms with Crippen LogP contribution in [0.15, 0.2) is 160 Å². The molecule has 31 heteroatoms. The Balaban J connectivity index is 0.000000378. The standard InChI is InChI=1S/C24H28ClF2NO4.C19H19ClF2O2S.C16H13ClF2O2S.C16H11ClF2O2S.C5H11.C2H7NO.B.K.Na.H/c1-24(2,3)32-23(30)28(10-11-29)13-16-14-31-22-20(27)9-8-19(26)21(22)18(16)12-15-4-6-17(25)7-5-15;20-13-4-6-14(7-5-13)25-19-12(3-1-2-10-23)11-24-18-16(22)9-8-15(21)17(18)19;2*17-10-1-3-11(4-2-10)22-16-9(7-20)8-21-15-13(19)6-5-12(18)14(15)16;1-3-5-4-2;3-1-2-4;;;;/h4-9,16,18,29H,10-14H2,1-3H3;4-9,12,19,23H,1-3,10-11H2;1-6,9,16,20H,7-8H2;1-7,9,16H,8H2;1,3-5H2,2H3;4H,1-3H2;;;;/q;;;;-1;;;2*+1;-1/t16-,18+;12-,19+;2*9-,16+;;;;;;/m1111....../s1. The first-order chi connectivity index (χ1) is 52.7. The molecule has 0 saturated carbocycles. The van der Waals surface area contributed by atoms with Crippen molar-refractivity contribution in [3.05, 3.63) is 247 Å². The number of benzene rings is 8. The second kappa shape index (κ2) is 51.5. The number of nitrogens with zero attached hydrogens (tertiary/aromatic N) is 1. The molecule has 12 rings (SSSR count). The minimum atomic E-state index is -0.710. The summed E-state index contributed by atoms with van der Waals surface area (Å²) >= 11 is 27.8. The van der Waals surface area contributed by atoms with E-state index >= 15 is 0 Å². The van der Waals surface area contributed by atoms with Gasteiger partial charge in [-0.1, -0.05) is 84.7 Å². The van der Waals surface area contributed by atoms with Crippen LogP contribution in [0.3, 0.4) is 0 Å². The zero-order valence-electron chi connectivity index (χ0n) is 64.5. The number of hydrogen-bond donors (Lipinski definition) is 5.